The molecule has 2 heterocycles. The van der Waals surface area contributed by atoms with Crippen LogP contribution >= 0.6 is 0 Å². The van der Waals surface area contributed by atoms with E-state index in [1.54, 1.807) is 0 Å². The maximum atomic E-state index is 9.10. The van der Waals surface area contributed by atoms with Gasteiger partial charge in [0.1, 0.15) is 0 Å². The first kappa shape index (κ1) is 22.1. The maximum absolute atomic E-state index is 9.10. The largest absolute Gasteiger partial charge is 0.473 e. The Bertz CT molecular complexity index is 460. The van der Waals surface area contributed by atoms with Crippen molar-refractivity contribution in [2.45, 2.75) is 64.5 Å². The van der Waals surface area contributed by atoms with Crippen molar-refractivity contribution in [1.29, 1.82) is 0 Å². The van der Waals surface area contributed by atoms with Crippen LogP contribution in [-0.2, 0) is 9.59 Å². The second kappa shape index (κ2) is 11.0. The van der Waals surface area contributed by atoms with E-state index in [2.05, 4.69) is 28.5 Å². The molecular weight excluding hydrogens is 346 g/mol. The van der Waals surface area contributed by atoms with Gasteiger partial charge >= 0.3 is 11.9 Å². The van der Waals surface area contributed by atoms with E-state index in [1.807, 2.05) is 0 Å². The summed E-state index contributed by atoms with van der Waals surface area (Å²) in [5.41, 5.74) is 0. The third kappa shape index (κ3) is 7.05. The Labute approximate surface area is 163 Å². The predicted molar refractivity (Wildman–Crippen MR) is 105 cm³/mol. The van der Waals surface area contributed by atoms with Gasteiger partial charge in [-0.25, -0.2) is 9.59 Å². The van der Waals surface area contributed by atoms with Gasteiger partial charge in [-0.15, -0.1) is 0 Å². The molecule has 1 saturated carbocycles. The SMILES string of the molecule is CCN1CCN(C2CCN(C3CCCC(C)C3)CC2)CC1.O=C(O)C(=O)O. The van der Waals surface area contributed by atoms with E-state index in [1.165, 1.54) is 84.3 Å². The number of nitrogens with zero attached hydrogens (tertiary/aromatic N) is 3. The molecule has 3 rings (SSSR count). The van der Waals surface area contributed by atoms with Crippen LogP contribution in [0.5, 0.6) is 0 Å². The zero-order chi connectivity index (χ0) is 19.8. The fourth-order valence-electron chi connectivity index (χ4n) is 4.79. The predicted octanol–water partition coefficient (Wildman–Crippen LogP) is 1.82. The molecule has 0 aromatic carbocycles. The van der Waals surface area contributed by atoms with Crippen LogP contribution in [0.2, 0.25) is 0 Å². The number of aliphatic carboxylic acids is 2. The summed E-state index contributed by atoms with van der Waals surface area (Å²) < 4.78 is 0. The van der Waals surface area contributed by atoms with Gasteiger partial charge in [-0.2, -0.15) is 0 Å². The average molecular weight is 384 g/mol. The summed E-state index contributed by atoms with van der Waals surface area (Å²) in [6.07, 6.45) is 8.68. The molecule has 0 spiro atoms. The Balaban J connectivity index is 0.000000380. The molecule has 7 nitrogen and oxygen atoms in total. The van der Waals surface area contributed by atoms with Crippen molar-refractivity contribution in [2.75, 3.05) is 45.8 Å². The Kier molecular flexibility index (Phi) is 8.99. The molecule has 2 aliphatic heterocycles. The molecule has 0 aromatic heterocycles. The van der Waals surface area contributed by atoms with Crippen molar-refractivity contribution in [3.63, 3.8) is 0 Å². The molecular formula is C20H37N3O4. The first-order valence-corrected chi connectivity index (χ1v) is 10.6. The Morgan fingerprint density at radius 1 is 0.815 bits per heavy atom. The number of hydrogen-bond donors (Lipinski definition) is 2. The van der Waals surface area contributed by atoms with Gasteiger partial charge in [-0.05, 0) is 51.2 Å². The molecule has 0 bridgehead atoms. The van der Waals surface area contributed by atoms with Gasteiger partial charge in [0.2, 0.25) is 0 Å². The van der Waals surface area contributed by atoms with E-state index in [0.717, 1.165) is 18.0 Å². The monoisotopic (exact) mass is 383 g/mol. The van der Waals surface area contributed by atoms with Crippen molar-refractivity contribution >= 4 is 11.9 Å². The molecule has 2 saturated heterocycles. The molecule has 1 aliphatic carbocycles. The second-order valence-corrected chi connectivity index (χ2v) is 8.27. The first-order chi connectivity index (χ1) is 12.9. The average Bonchev–Trinajstić information content (AvgIpc) is 2.68. The molecule has 3 fully saturated rings. The van der Waals surface area contributed by atoms with E-state index in [0.29, 0.717) is 0 Å². The molecule has 27 heavy (non-hydrogen) atoms. The van der Waals surface area contributed by atoms with E-state index in [4.69, 9.17) is 19.8 Å². The fourth-order valence-corrected chi connectivity index (χ4v) is 4.79. The highest BCUT2D eigenvalue weighted by atomic mass is 16.4. The van der Waals surface area contributed by atoms with Crippen LogP contribution in [0.3, 0.4) is 0 Å². The van der Waals surface area contributed by atoms with Gasteiger partial charge < -0.3 is 20.0 Å². The second-order valence-electron chi connectivity index (χ2n) is 8.27. The number of likely N-dealkylation sites (N-methyl/N-ethyl adjacent to an activating group) is 1. The molecule has 3 aliphatic rings. The van der Waals surface area contributed by atoms with Crippen LogP contribution in [0.1, 0.15) is 52.4 Å². The lowest BCUT2D eigenvalue weighted by Gasteiger charge is -2.45. The summed E-state index contributed by atoms with van der Waals surface area (Å²) in [6.45, 7) is 13.9. The van der Waals surface area contributed by atoms with Gasteiger partial charge in [0.15, 0.2) is 0 Å². The molecule has 0 radical (unpaired) electrons. The minimum atomic E-state index is -1.82. The minimum Gasteiger partial charge on any atom is -0.473 e. The van der Waals surface area contributed by atoms with Gasteiger partial charge in [-0.1, -0.05) is 26.7 Å². The van der Waals surface area contributed by atoms with Crippen molar-refractivity contribution < 1.29 is 19.8 Å². The number of carboxylic acids is 2. The lowest BCUT2D eigenvalue weighted by atomic mass is 9.85. The zero-order valence-electron chi connectivity index (χ0n) is 17.0. The van der Waals surface area contributed by atoms with Crippen molar-refractivity contribution in [1.82, 2.24) is 14.7 Å². The van der Waals surface area contributed by atoms with Crippen LogP contribution in [0.15, 0.2) is 0 Å². The fraction of sp³-hybridized carbons (Fsp3) is 0.900. The number of piperazine rings is 1. The molecule has 2 unspecified atom stereocenters. The van der Waals surface area contributed by atoms with E-state index in [-0.39, 0.29) is 0 Å². The van der Waals surface area contributed by atoms with Crippen molar-refractivity contribution in [3.05, 3.63) is 0 Å². The molecule has 156 valence electrons. The number of likely N-dealkylation sites (tertiary alicyclic amines) is 1. The smallest absolute Gasteiger partial charge is 0.414 e. The highest BCUT2D eigenvalue weighted by Crippen LogP contribution is 2.30. The third-order valence-corrected chi connectivity index (χ3v) is 6.48. The van der Waals surface area contributed by atoms with Crippen LogP contribution < -0.4 is 0 Å². The summed E-state index contributed by atoms with van der Waals surface area (Å²) in [6, 6.07) is 1.79. The zero-order valence-corrected chi connectivity index (χ0v) is 17.0. The Hall–Kier alpha value is -1.18. The highest BCUT2D eigenvalue weighted by Gasteiger charge is 2.31. The summed E-state index contributed by atoms with van der Waals surface area (Å²) in [5.74, 6) is -2.69. The number of carbonyl (C=O) groups is 2. The van der Waals surface area contributed by atoms with Crippen molar-refractivity contribution in [3.8, 4) is 0 Å². The molecule has 7 heteroatoms. The quantitative estimate of drug-likeness (QED) is 0.719. The van der Waals surface area contributed by atoms with E-state index < -0.39 is 11.9 Å². The topological polar surface area (TPSA) is 84.3 Å². The van der Waals surface area contributed by atoms with Gasteiger partial charge in [-0.3, -0.25) is 4.90 Å². The molecule has 2 atom stereocenters. The summed E-state index contributed by atoms with van der Waals surface area (Å²) in [5, 5.41) is 14.8. The normalized spacial score (nSPS) is 29.0. The Morgan fingerprint density at radius 3 is 1.85 bits per heavy atom. The van der Waals surface area contributed by atoms with Crippen molar-refractivity contribution in [2.24, 2.45) is 5.92 Å². The third-order valence-electron chi connectivity index (χ3n) is 6.48. The van der Waals surface area contributed by atoms with Gasteiger partial charge in [0, 0.05) is 38.3 Å². The van der Waals surface area contributed by atoms with Crippen LogP contribution in [0.4, 0.5) is 0 Å². The Morgan fingerprint density at radius 2 is 1.37 bits per heavy atom. The number of carboxylic acid groups (broad SMARTS) is 2. The van der Waals surface area contributed by atoms with Crippen LogP contribution in [0, 0.1) is 5.92 Å². The van der Waals surface area contributed by atoms with Gasteiger partial charge in [0.25, 0.3) is 0 Å². The molecule has 2 N–H and O–H groups in total. The van der Waals surface area contributed by atoms with Gasteiger partial charge in [0.05, 0.1) is 0 Å². The van der Waals surface area contributed by atoms with E-state index >= 15 is 0 Å². The first-order valence-electron chi connectivity index (χ1n) is 10.6. The lowest BCUT2D eigenvalue weighted by Crippen LogP contribution is -2.54. The minimum absolute atomic E-state index is 0.876. The van der Waals surface area contributed by atoms with Crippen LogP contribution in [0.25, 0.3) is 0 Å². The van der Waals surface area contributed by atoms with E-state index in [9.17, 15) is 0 Å². The molecule has 0 aromatic rings. The number of rotatable bonds is 3. The molecule has 0 amide bonds. The maximum Gasteiger partial charge on any atom is 0.414 e. The summed E-state index contributed by atoms with van der Waals surface area (Å²) in [7, 11) is 0. The standard InChI is InChI=1S/C18H35N3.C2H2O4/c1-3-19-11-13-21(14-12-19)17-7-9-20(10-8-17)18-6-4-5-16(2)15-18;3-1(4)2(5)6/h16-18H,3-15H2,1-2H3;(H,3,4)(H,5,6). The highest BCUT2D eigenvalue weighted by molar-refractivity contribution is 6.27. The van der Waals surface area contributed by atoms with Crippen LogP contribution in [-0.4, -0.2) is 94.7 Å². The number of piperidine rings is 1. The lowest BCUT2D eigenvalue weighted by molar-refractivity contribution is -0.159. The number of hydrogen-bond acceptors (Lipinski definition) is 5. The summed E-state index contributed by atoms with van der Waals surface area (Å²) >= 11 is 0. The summed E-state index contributed by atoms with van der Waals surface area (Å²) in [4.78, 5) is 26.4.